The topological polar surface area (TPSA) is 95.7 Å². The first-order valence-corrected chi connectivity index (χ1v) is 16.8. The zero-order valence-electron chi connectivity index (χ0n) is 26.3. The van der Waals surface area contributed by atoms with Gasteiger partial charge in [-0.05, 0) is 77.9 Å². The number of rotatable bonds is 13. The highest BCUT2D eigenvalue weighted by Crippen LogP contribution is 2.25. The Kier molecular flexibility index (Phi) is 12.1. The van der Waals surface area contributed by atoms with E-state index in [2.05, 4.69) is 35.6 Å². The molecule has 4 aromatic carbocycles. The molecule has 2 atom stereocenters. The average molecular weight is 672 g/mol. The van der Waals surface area contributed by atoms with Gasteiger partial charge in [-0.1, -0.05) is 102 Å². The molecule has 0 aromatic heterocycles. The van der Waals surface area contributed by atoms with Crippen LogP contribution in [0, 0.1) is 0 Å². The van der Waals surface area contributed by atoms with Gasteiger partial charge in [0, 0.05) is 42.2 Å². The molecule has 5 rings (SSSR count). The van der Waals surface area contributed by atoms with Gasteiger partial charge in [-0.2, -0.15) is 0 Å². The predicted molar refractivity (Wildman–Crippen MR) is 190 cm³/mol. The average Bonchev–Trinajstić information content (AvgIpc) is 3.08. The van der Waals surface area contributed by atoms with Crippen molar-refractivity contribution in [1.82, 2.24) is 15.1 Å². The fourth-order valence-electron chi connectivity index (χ4n) is 6.01. The van der Waals surface area contributed by atoms with Gasteiger partial charge in [-0.25, -0.2) is 0 Å². The molecule has 1 heterocycles. The molecular formula is C38H40Cl2N4O3. The van der Waals surface area contributed by atoms with Crippen molar-refractivity contribution in [1.29, 1.82) is 0 Å². The number of nitrogens with zero attached hydrogens (tertiary/aromatic N) is 2. The smallest absolute Gasteiger partial charge is 0.246 e. The minimum absolute atomic E-state index is 0.0824. The lowest BCUT2D eigenvalue weighted by Gasteiger charge is -2.42. The molecule has 0 saturated carbocycles. The molecule has 7 nitrogen and oxygen atoms in total. The van der Waals surface area contributed by atoms with Crippen LogP contribution in [-0.2, 0) is 27.2 Å². The van der Waals surface area contributed by atoms with Gasteiger partial charge in [0.25, 0.3) is 0 Å². The highest BCUT2D eigenvalue weighted by atomic mass is 35.5. The monoisotopic (exact) mass is 670 g/mol. The Hall–Kier alpha value is -4.17. The zero-order valence-corrected chi connectivity index (χ0v) is 27.8. The number of unbranched alkanes of at least 4 members (excludes halogenated alkanes) is 1. The van der Waals surface area contributed by atoms with Gasteiger partial charge >= 0.3 is 0 Å². The second-order valence-electron chi connectivity index (χ2n) is 11.8. The molecule has 0 bridgehead atoms. The van der Waals surface area contributed by atoms with Gasteiger partial charge in [-0.3, -0.25) is 14.4 Å². The van der Waals surface area contributed by atoms with E-state index in [-0.39, 0.29) is 18.2 Å². The minimum Gasteiger partial charge on any atom is -0.340 e. The molecule has 47 heavy (non-hydrogen) atoms. The van der Waals surface area contributed by atoms with Gasteiger partial charge in [0.05, 0.1) is 0 Å². The Morgan fingerprint density at radius 3 is 2.45 bits per heavy atom. The van der Waals surface area contributed by atoms with E-state index >= 15 is 0 Å². The van der Waals surface area contributed by atoms with Gasteiger partial charge in [0.15, 0.2) is 0 Å². The normalized spacial score (nSPS) is 15.7. The first kappa shape index (κ1) is 34.2. The maximum Gasteiger partial charge on any atom is 0.246 e. The quantitative estimate of drug-likeness (QED) is 0.129. The van der Waals surface area contributed by atoms with E-state index in [0.29, 0.717) is 61.1 Å². The summed E-state index contributed by atoms with van der Waals surface area (Å²) < 4.78 is 0. The summed E-state index contributed by atoms with van der Waals surface area (Å²) in [4.78, 5) is 44.9. The van der Waals surface area contributed by atoms with Crippen LogP contribution in [-0.4, -0.2) is 65.8 Å². The number of hydrogen-bond donors (Lipinski definition) is 2. The fraction of sp³-hybridized carbons (Fsp3) is 0.289. The Bertz CT molecular complexity index is 1730. The number of benzene rings is 4. The Morgan fingerprint density at radius 2 is 1.68 bits per heavy atom. The maximum atomic E-state index is 14.3. The lowest BCUT2D eigenvalue weighted by atomic mass is 9.99. The second kappa shape index (κ2) is 16.6. The summed E-state index contributed by atoms with van der Waals surface area (Å²) in [5.74, 6) is -0.823. The largest absolute Gasteiger partial charge is 0.340 e. The van der Waals surface area contributed by atoms with E-state index in [4.69, 9.17) is 28.9 Å². The number of fused-ring (bicyclic) bond motifs is 1. The van der Waals surface area contributed by atoms with Gasteiger partial charge < -0.3 is 20.9 Å². The van der Waals surface area contributed by atoms with E-state index < -0.39 is 18.0 Å². The molecule has 1 aliphatic heterocycles. The molecule has 1 saturated heterocycles. The van der Waals surface area contributed by atoms with Crippen molar-refractivity contribution in [2.75, 3.05) is 26.2 Å². The summed E-state index contributed by atoms with van der Waals surface area (Å²) in [5.41, 5.74) is 8.46. The van der Waals surface area contributed by atoms with Crippen LogP contribution in [0.15, 0.2) is 97.1 Å². The summed E-state index contributed by atoms with van der Waals surface area (Å²) in [6.45, 7) is 1.82. The van der Waals surface area contributed by atoms with Crippen molar-refractivity contribution in [2.24, 2.45) is 5.73 Å². The Balaban J connectivity index is 1.34. The maximum absolute atomic E-state index is 14.3. The molecule has 0 radical (unpaired) electrons. The van der Waals surface area contributed by atoms with E-state index in [1.807, 2.05) is 47.4 Å². The van der Waals surface area contributed by atoms with Gasteiger partial charge in [0.2, 0.25) is 17.7 Å². The number of amides is 3. The van der Waals surface area contributed by atoms with Crippen LogP contribution in [0.1, 0.15) is 36.0 Å². The molecule has 1 aliphatic rings. The first-order valence-electron chi connectivity index (χ1n) is 16.1. The molecule has 1 fully saturated rings. The summed E-state index contributed by atoms with van der Waals surface area (Å²) in [6, 6.07) is 27.5. The van der Waals surface area contributed by atoms with Crippen molar-refractivity contribution in [2.45, 2.75) is 44.2 Å². The summed E-state index contributed by atoms with van der Waals surface area (Å²) in [7, 11) is 0. The number of halogens is 2. The van der Waals surface area contributed by atoms with Crippen molar-refractivity contribution >= 4 is 57.8 Å². The van der Waals surface area contributed by atoms with Crippen molar-refractivity contribution in [3.8, 4) is 0 Å². The molecule has 0 spiro atoms. The summed E-state index contributed by atoms with van der Waals surface area (Å²) in [5, 5.41) is 6.11. The van der Waals surface area contributed by atoms with E-state index in [1.165, 1.54) is 16.8 Å². The van der Waals surface area contributed by atoms with Crippen LogP contribution in [0.3, 0.4) is 0 Å². The fourth-order valence-corrected chi connectivity index (χ4v) is 6.49. The summed E-state index contributed by atoms with van der Waals surface area (Å²) in [6.07, 6.45) is 5.90. The molecule has 3 amide bonds. The van der Waals surface area contributed by atoms with Crippen LogP contribution < -0.4 is 11.1 Å². The van der Waals surface area contributed by atoms with E-state index in [0.717, 1.165) is 17.5 Å². The Morgan fingerprint density at radius 1 is 0.915 bits per heavy atom. The molecule has 4 aromatic rings. The van der Waals surface area contributed by atoms with Crippen LogP contribution in [0.5, 0.6) is 0 Å². The van der Waals surface area contributed by atoms with Crippen molar-refractivity contribution in [3.63, 3.8) is 0 Å². The molecule has 244 valence electrons. The molecule has 0 unspecified atom stereocenters. The minimum atomic E-state index is -0.949. The molecule has 0 aliphatic carbocycles. The van der Waals surface area contributed by atoms with Gasteiger partial charge in [0.1, 0.15) is 12.1 Å². The molecular weight excluding hydrogens is 631 g/mol. The standard InChI is InChI=1S/C38H40Cl2N4O3/c39-32-17-16-31(33(40)26-32)25-34(42-36(45)18-14-27-8-2-1-3-9-27)37(46)44-23-22-43(38(47)35(44)12-6-7-20-41)21-19-28-13-15-29-10-4-5-11-30(29)24-28/h1-5,8-11,13-18,24,26,34-35H,6-7,12,19-23,25,41H2,(H,42,45)/b18-14+/t34-,35+/m1/s1. The predicted octanol–water partition coefficient (Wildman–Crippen LogP) is 6.30. The molecule has 3 N–H and O–H groups in total. The number of carbonyl (C=O) groups excluding carboxylic acids is 3. The third-order valence-electron chi connectivity index (χ3n) is 8.56. The number of piperazine rings is 1. The second-order valence-corrected chi connectivity index (χ2v) is 12.7. The zero-order chi connectivity index (χ0) is 33.2. The van der Waals surface area contributed by atoms with Crippen molar-refractivity contribution < 1.29 is 14.4 Å². The highest BCUT2D eigenvalue weighted by molar-refractivity contribution is 6.35. The molecule has 9 heteroatoms. The van der Waals surface area contributed by atoms with Crippen LogP contribution in [0.25, 0.3) is 16.8 Å². The first-order chi connectivity index (χ1) is 22.8. The van der Waals surface area contributed by atoms with Crippen LogP contribution >= 0.6 is 23.2 Å². The van der Waals surface area contributed by atoms with E-state index in [9.17, 15) is 14.4 Å². The third kappa shape index (κ3) is 9.22. The van der Waals surface area contributed by atoms with Crippen LogP contribution in [0.4, 0.5) is 0 Å². The third-order valence-corrected chi connectivity index (χ3v) is 9.15. The SMILES string of the molecule is NCCCC[C@H]1C(=O)N(CCc2ccc3ccccc3c2)CCN1C(=O)[C@@H](Cc1ccc(Cl)cc1Cl)NC(=O)/C=C/c1ccccc1. The van der Waals surface area contributed by atoms with E-state index in [1.54, 1.807) is 29.2 Å². The number of nitrogens with two attached hydrogens (primary N) is 1. The number of carbonyl (C=O) groups is 3. The lowest BCUT2D eigenvalue weighted by Crippen LogP contribution is -2.62. The van der Waals surface area contributed by atoms with Gasteiger partial charge in [-0.15, -0.1) is 0 Å². The summed E-state index contributed by atoms with van der Waals surface area (Å²) >= 11 is 12.6. The van der Waals surface area contributed by atoms with Crippen LogP contribution in [0.2, 0.25) is 10.0 Å². The Labute approximate surface area is 286 Å². The lowest BCUT2D eigenvalue weighted by molar-refractivity contribution is -0.153. The van der Waals surface area contributed by atoms with Crippen molar-refractivity contribution in [3.05, 3.63) is 124 Å². The number of hydrogen-bond acceptors (Lipinski definition) is 4. The number of nitrogens with one attached hydrogen (secondary N) is 1. The highest BCUT2D eigenvalue weighted by Gasteiger charge is 2.39.